The lowest BCUT2D eigenvalue weighted by atomic mass is 9.97. The molecule has 2 atom stereocenters. The quantitative estimate of drug-likeness (QED) is 0.474. The number of rotatable bonds is 9. The first-order chi connectivity index (χ1) is 13.1. The van der Waals surface area contributed by atoms with E-state index in [9.17, 15) is 4.79 Å². The topological polar surface area (TPSA) is 67.8 Å². The second-order valence-electron chi connectivity index (χ2n) is 5.92. The molecule has 6 heteroatoms. The molecular formula is C21H25NO4S. The monoisotopic (exact) mass is 387 g/mol. The number of ether oxygens (including phenoxy) is 2. The summed E-state index contributed by atoms with van der Waals surface area (Å²) < 4.78 is 11.0. The Bertz CT molecular complexity index is 731. The van der Waals surface area contributed by atoms with E-state index in [2.05, 4.69) is 11.9 Å². The average Bonchev–Trinajstić information content (AvgIpc) is 2.71. The number of carbonyl (C=O) groups excluding carboxylic acids is 1. The Morgan fingerprint density at radius 3 is 2.44 bits per heavy atom. The summed E-state index contributed by atoms with van der Waals surface area (Å²) in [7, 11) is 0. The Kier molecular flexibility index (Phi) is 8.23. The average molecular weight is 388 g/mol. The van der Waals surface area contributed by atoms with Crippen LogP contribution in [0.5, 0.6) is 5.75 Å². The van der Waals surface area contributed by atoms with E-state index in [4.69, 9.17) is 14.6 Å². The van der Waals surface area contributed by atoms with Crippen molar-refractivity contribution in [3.63, 3.8) is 0 Å². The Morgan fingerprint density at radius 1 is 1.22 bits per heavy atom. The third-order valence-electron chi connectivity index (χ3n) is 3.99. The number of hydrogen-bond acceptors (Lipinski definition) is 5. The van der Waals surface area contributed by atoms with Gasteiger partial charge in [-0.25, -0.2) is 4.79 Å². The molecular weight excluding hydrogens is 362 g/mol. The van der Waals surface area contributed by atoms with Gasteiger partial charge in [0.1, 0.15) is 18.5 Å². The van der Waals surface area contributed by atoms with E-state index < -0.39 is 12.2 Å². The highest BCUT2D eigenvalue weighted by Crippen LogP contribution is 2.29. The number of hydrogen-bond donors (Lipinski definition) is 2. The van der Waals surface area contributed by atoms with Crippen LogP contribution in [0.2, 0.25) is 0 Å². The Labute approximate surface area is 164 Å². The minimum absolute atomic E-state index is 0.0426. The SMILES string of the molecule is C=C[C@H](C)[C@@H](OC(=O)Nc1ccc(SC)cc1)c1ccc(OCCO)cc1. The lowest BCUT2D eigenvalue weighted by Crippen LogP contribution is -2.21. The van der Waals surface area contributed by atoms with E-state index in [0.717, 1.165) is 10.5 Å². The van der Waals surface area contributed by atoms with Gasteiger partial charge in [0.05, 0.1) is 6.61 Å². The molecule has 2 aromatic carbocycles. The molecule has 0 unspecified atom stereocenters. The van der Waals surface area contributed by atoms with E-state index in [1.54, 1.807) is 30.0 Å². The lowest BCUT2D eigenvalue weighted by Gasteiger charge is -2.23. The van der Waals surface area contributed by atoms with Crippen molar-refractivity contribution in [2.24, 2.45) is 5.92 Å². The molecule has 0 radical (unpaired) electrons. The van der Waals surface area contributed by atoms with E-state index in [1.165, 1.54) is 0 Å². The fourth-order valence-electron chi connectivity index (χ4n) is 2.46. The standard InChI is InChI=1S/C21H25NO4S/c1-4-15(2)20(16-5-9-18(10-6-16)25-14-13-23)26-21(24)22-17-7-11-19(27-3)12-8-17/h4-12,15,20,23H,1,13-14H2,2-3H3,(H,22,24)/t15-,20+/m0/s1. The number of anilines is 1. The van der Waals surface area contributed by atoms with Crippen LogP contribution in [0.25, 0.3) is 0 Å². The molecule has 0 saturated heterocycles. The van der Waals surface area contributed by atoms with E-state index >= 15 is 0 Å². The van der Waals surface area contributed by atoms with Gasteiger partial charge in [0.15, 0.2) is 0 Å². The Hall–Kier alpha value is -2.44. The maximum absolute atomic E-state index is 12.4. The van der Waals surface area contributed by atoms with Crippen LogP contribution in [0.3, 0.4) is 0 Å². The molecule has 144 valence electrons. The fraction of sp³-hybridized carbons (Fsp3) is 0.286. The molecule has 1 amide bonds. The van der Waals surface area contributed by atoms with Crippen molar-refractivity contribution in [3.8, 4) is 5.75 Å². The molecule has 0 aliphatic carbocycles. The van der Waals surface area contributed by atoms with Crippen molar-refractivity contribution in [1.82, 2.24) is 0 Å². The van der Waals surface area contributed by atoms with Crippen molar-refractivity contribution in [2.75, 3.05) is 24.8 Å². The molecule has 27 heavy (non-hydrogen) atoms. The number of carbonyl (C=O) groups is 1. The molecule has 2 N–H and O–H groups in total. The van der Waals surface area contributed by atoms with Crippen molar-refractivity contribution in [2.45, 2.75) is 17.9 Å². The first kappa shape index (κ1) is 20.9. The first-order valence-electron chi connectivity index (χ1n) is 8.65. The van der Waals surface area contributed by atoms with Gasteiger partial charge in [-0.15, -0.1) is 18.3 Å². The summed E-state index contributed by atoms with van der Waals surface area (Å²) in [5.74, 6) is 0.579. The van der Waals surface area contributed by atoms with Gasteiger partial charge in [-0.2, -0.15) is 0 Å². The van der Waals surface area contributed by atoms with Crippen LogP contribution in [0.1, 0.15) is 18.6 Å². The van der Waals surface area contributed by atoms with Crippen LogP contribution in [0.4, 0.5) is 10.5 Å². The molecule has 0 fully saturated rings. The molecule has 0 bridgehead atoms. The Morgan fingerprint density at radius 2 is 1.89 bits per heavy atom. The van der Waals surface area contributed by atoms with Crippen molar-refractivity contribution in [3.05, 3.63) is 66.7 Å². The second kappa shape index (κ2) is 10.6. The highest BCUT2D eigenvalue weighted by atomic mass is 32.2. The third-order valence-corrected chi connectivity index (χ3v) is 4.73. The molecule has 0 saturated carbocycles. The van der Waals surface area contributed by atoms with E-state index in [1.807, 2.05) is 49.6 Å². The van der Waals surface area contributed by atoms with Crippen molar-refractivity contribution < 1.29 is 19.4 Å². The molecule has 0 heterocycles. The second-order valence-corrected chi connectivity index (χ2v) is 6.79. The number of amides is 1. The zero-order chi connectivity index (χ0) is 19.6. The summed E-state index contributed by atoms with van der Waals surface area (Å²) in [6.07, 6.45) is 2.76. The van der Waals surface area contributed by atoms with Gasteiger partial charge in [-0.3, -0.25) is 5.32 Å². The predicted octanol–water partition coefficient (Wildman–Crippen LogP) is 4.89. The molecule has 5 nitrogen and oxygen atoms in total. The zero-order valence-electron chi connectivity index (χ0n) is 15.6. The molecule has 0 aromatic heterocycles. The number of nitrogens with one attached hydrogen (secondary N) is 1. The van der Waals surface area contributed by atoms with Crippen LogP contribution >= 0.6 is 11.8 Å². The molecule has 0 aliphatic heterocycles. The molecule has 2 rings (SSSR count). The normalized spacial score (nSPS) is 12.7. The number of thioether (sulfide) groups is 1. The maximum Gasteiger partial charge on any atom is 0.412 e. The smallest absolute Gasteiger partial charge is 0.412 e. The van der Waals surface area contributed by atoms with Gasteiger partial charge in [-0.05, 0) is 48.2 Å². The summed E-state index contributed by atoms with van der Waals surface area (Å²) in [6.45, 7) is 5.94. The van der Waals surface area contributed by atoms with Crippen LogP contribution in [-0.4, -0.2) is 30.7 Å². The zero-order valence-corrected chi connectivity index (χ0v) is 16.4. The summed E-state index contributed by atoms with van der Waals surface area (Å²) in [4.78, 5) is 13.5. The highest BCUT2D eigenvalue weighted by molar-refractivity contribution is 7.98. The van der Waals surface area contributed by atoms with Gasteiger partial charge in [-0.1, -0.05) is 25.1 Å². The molecule has 2 aromatic rings. The van der Waals surface area contributed by atoms with Gasteiger partial charge < -0.3 is 14.6 Å². The minimum atomic E-state index is -0.522. The van der Waals surface area contributed by atoms with Crippen LogP contribution in [0, 0.1) is 5.92 Å². The number of aliphatic hydroxyl groups excluding tert-OH is 1. The van der Waals surface area contributed by atoms with Crippen molar-refractivity contribution >= 4 is 23.5 Å². The van der Waals surface area contributed by atoms with Crippen LogP contribution in [0.15, 0.2) is 66.1 Å². The van der Waals surface area contributed by atoms with Gasteiger partial charge >= 0.3 is 6.09 Å². The predicted molar refractivity (Wildman–Crippen MR) is 109 cm³/mol. The largest absolute Gasteiger partial charge is 0.491 e. The van der Waals surface area contributed by atoms with Gasteiger partial charge in [0, 0.05) is 16.5 Å². The minimum Gasteiger partial charge on any atom is -0.491 e. The maximum atomic E-state index is 12.4. The summed E-state index contributed by atoms with van der Waals surface area (Å²) in [5.41, 5.74) is 1.52. The third kappa shape index (κ3) is 6.34. The highest BCUT2D eigenvalue weighted by Gasteiger charge is 2.22. The summed E-state index contributed by atoms with van der Waals surface area (Å²) in [5, 5.41) is 11.6. The van der Waals surface area contributed by atoms with Crippen molar-refractivity contribution in [1.29, 1.82) is 0 Å². The summed E-state index contributed by atoms with van der Waals surface area (Å²) in [6, 6.07) is 14.8. The van der Waals surface area contributed by atoms with Gasteiger partial charge in [0.2, 0.25) is 0 Å². The first-order valence-corrected chi connectivity index (χ1v) is 9.87. The lowest BCUT2D eigenvalue weighted by molar-refractivity contribution is 0.0897. The van der Waals surface area contributed by atoms with Crippen LogP contribution in [-0.2, 0) is 4.74 Å². The Balaban J connectivity index is 2.06. The fourth-order valence-corrected chi connectivity index (χ4v) is 2.86. The number of aliphatic hydroxyl groups is 1. The number of benzene rings is 2. The van der Waals surface area contributed by atoms with Crippen LogP contribution < -0.4 is 10.1 Å². The molecule has 0 aliphatic rings. The molecule has 0 spiro atoms. The van der Waals surface area contributed by atoms with E-state index in [-0.39, 0.29) is 19.1 Å². The van der Waals surface area contributed by atoms with E-state index in [0.29, 0.717) is 11.4 Å². The summed E-state index contributed by atoms with van der Waals surface area (Å²) >= 11 is 1.64. The van der Waals surface area contributed by atoms with Gasteiger partial charge in [0.25, 0.3) is 0 Å².